The number of nitrogens with one attached hydrogen (secondary N) is 1. The number of allylic oxidation sites excluding steroid dienone is 1. The smallest absolute Gasteiger partial charge is 0.0897 e. The van der Waals surface area contributed by atoms with E-state index < -0.39 is 0 Å². The van der Waals surface area contributed by atoms with Gasteiger partial charge in [0.05, 0.1) is 5.01 Å². The highest BCUT2D eigenvalue weighted by atomic mass is 32.1. The van der Waals surface area contributed by atoms with E-state index in [4.69, 9.17) is 0 Å². The number of nitrogens with zero attached hydrogens (tertiary/aromatic N) is 1. The summed E-state index contributed by atoms with van der Waals surface area (Å²) in [6, 6.07) is 0.438. The topological polar surface area (TPSA) is 24.9 Å². The molecule has 0 fully saturated rings. The van der Waals surface area contributed by atoms with Crippen LogP contribution in [0.2, 0.25) is 0 Å². The molecule has 1 heterocycles. The van der Waals surface area contributed by atoms with Crippen molar-refractivity contribution in [2.75, 3.05) is 6.54 Å². The van der Waals surface area contributed by atoms with E-state index in [9.17, 15) is 0 Å². The van der Waals surface area contributed by atoms with E-state index in [1.807, 2.05) is 6.20 Å². The van der Waals surface area contributed by atoms with Crippen molar-refractivity contribution in [3.8, 4) is 0 Å². The monoisotopic (exact) mass is 236 g/mol. The first-order valence-electron chi connectivity index (χ1n) is 6.09. The number of thiazole rings is 1. The summed E-state index contributed by atoms with van der Waals surface area (Å²) in [5.41, 5.74) is 1.64. The van der Waals surface area contributed by atoms with Crippen molar-refractivity contribution in [1.82, 2.24) is 10.3 Å². The fraction of sp³-hybridized carbons (Fsp3) is 0.615. The molecule has 1 atom stereocenters. The van der Waals surface area contributed by atoms with Gasteiger partial charge < -0.3 is 5.32 Å². The van der Waals surface area contributed by atoms with E-state index in [0.29, 0.717) is 6.04 Å². The van der Waals surface area contributed by atoms with Gasteiger partial charge in [0.15, 0.2) is 0 Å². The van der Waals surface area contributed by atoms with Gasteiger partial charge in [0.1, 0.15) is 0 Å². The Morgan fingerprint density at radius 2 is 2.44 bits per heavy atom. The molecule has 1 unspecified atom stereocenters. The Morgan fingerprint density at radius 1 is 1.56 bits per heavy atom. The number of hydrogen-bond donors (Lipinski definition) is 1. The average Bonchev–Trinajstić information content (AvgIpc) is 2.89. The lowest BCUT2D eigenvalue weighted by molar-refractivity contribution is 0.579. The Bertz CT molecular complexity index is 368. The zero-order chi connectivity index (χ0) is 11.4. The molecule has 0 spiro atoms. The minimum atomic E-state index is 0.438. The quantitative estimate of drug-likeness (QED) is 0.790. The average molecular weight is 236 g/mol. The fourth-order valence-corrected chi connectivity index (χ4v) is 2.90. The van der Waals surface area contributed by atoms with Gasteiger partial charge in [-0.3, -0.25) is 0 Å². The molecule has 0 bridgehead atoms. The third-order valence-corrected chi connectivity index (χ3v) is 4.19. The Labute approximate surface area is 102 Å². The summed E-state index contributed by atoms with van der Waals surface area (Å²) in [5.74, 6) is 0. The maximum absolute atomic E-state index is 4.29. The molecule has 3 heteroatoms. The lowest BCUT2D eigenvalue weighted by Crippen LogP contribution is -2.19. The summed E-state index contributed by atoms with van der Waals surface area (Å²) in [7, 11) is 0. The SMILES string of the molecule is Cc1ncc(C(C)NCCC2=CCCC2)s1. The molecule has 0 aliphatic heterocycles. The normalized spacial score (nSPS) is 17.5. The van der Waals surface area contributed by atoms with Crippen molar-refractivity contribution in [1.29, 1.82) is 0 Å². The first-order valence-corrected chi connectivity index (χ1v) is 6.91. The number of aromatic nitrogens is 1. The van der Waals surface area contributed by atoms with Gasteiger partial charge in [0, 0.05) is 17.1 Å². The van der Waals surface area contributed by atoms with Crippen LogP contribution >= 0.6 is 11.3 Å². The minimum Gasteiger partial charge on any atom is -0.309 e. The Balaban J connectivity index is 1.73. The van der Waals surface area contributed by atoms with Crippen LogP contribution in [-0.2, 0) is 0 Å². The van der Waals surface area contributed by atoms with E-state index >= 15 is 0 Å². The Hall–Kier alpha value is -0.670. The number of hydrogen-bond acceptors (Lipinski definition) is 3. The van der Waals surface area contributed by atoms with Crippen LogP contribution in [0.25, 0.3) is 0 Å². The van der Waals surface area contributed by atoms with Gasteiger partial charge in [-0.25, -0.2) is 4.98 Å². The highest BCUT2D eigenvalue weighted by Gasteiger charge is 2.09. The van der Waals surface area contributed by atoms with Gasteiger partial charge in [0.2, 0.25) is 0 Å². The fourth-order valence-electron chi connectivity index (χ4n) is 2.09. The van der Waals surface area contributed by atoms with Crippen molar-refractivity contribution in [2.45, 2.75) is 45.6 Å². The summed E-state index contributed by atoms with van der Waals surface area (Å²) < 4.78 is 0. The summed E-state index contributed by atoms with van der Waals surface area (Å²) in [5, 5.41) is 4.72. The van der Waals surface area contributed by atoms with Crippen molar-refractivity contribution in [3.63, 3.8) is 0 Å². The predicted molar refractivity (Wildman–Crippen MR) is 69.8 cm³/mol. The van der Waals surface area contributed by atoms with Crippen molar-refractivity contribution in [3.05, 3.63) is 27.7 Å². The van der Waals surface area contributed by atoms with Gasteiger partial charge in [0.25, 0.3) is 0 Å². The minimum absolute atomic E-state index is 0.438. The van der Waals surface area contributed by atoms with E-state index in [1.165, 1.54) is 30.6 Å². The molecule has 1 aromatic rings. The highest BCUT2D eigenvalue weighted by molar-refractivity contribution is 7.11. The van der Waals surface area contributed by atoms with Gasteiger partial charge in [-0.15, -0.1) is 11.3 Å². The molecule has 16 heavy (non-hydrogen) atoms. The summed E-state index contributed by atoms with van der Waals surface area (Å²) in [6.45, 7) is 5.37. The Kier molecular flexibility index (Phi) is 4.13. The maximum atomic E-state index is 4.29. The molecule has 0 saturated carbocycles. The molecular formula is C13H20N2S. The van der Waals surface area contributed by atoms with Crippen molar-refractivity contribution >= 4 is 11.3 Å². The molecule has 0 aromatic carbocycles. The zero-order valence-electron chi connectivity index (χ0n) is 10.1. The van der Waals surface area contributed by atoms with Crippen molar-refractivity contribution in [2.24, 2.45) is 0 Å². The second-order valence-electron chi connectivity index (χ2n) is 4.46. The molecular weight excluding hydrogens is 216 g/mol. The van der Waals surface area contributed by atoms with Crippen molar-refractivity contribution < 1.29 is 0 Å². The second-order valence-corrected chi connectivity index (χ2v) is 5.73. The van der Waals surface area contributed by atoms with Crippen LogP contribution < -0.4 is 5.32 Å². The van der Waals surface area contributed by atoms with Crippen LogP contribution in [0.3, 0.4) is 0 Å². The van der Waals surface area contributed by atoms with Gasteiger partial charge in [-0.1, -0.05) is 11.6 Å². The molecule has 2 rings (SSSR count). The highest BCUT2D eigenvalue weighted by Crippen LogP contribution is 2.22. The van der Waals surface area contributed by atoms with Gasteiger partial charge >= 0.3 is 0 Å². The van der Waals surface area contributed by atoms with E-state index in [2.05, 4.69) is 30.2 Å². The van der Waals surface area contributed by atoms with E-state index in [0.717, 1.165) is 11.6 Å². The molecule has 2 nitrogen and oxygen atoms in total. The van der Waals surface area contributed by atoms with Gasteiger partial charge in [-0.05, 0) is 46.1 Å². The summed E-state index contributed by atoms with van der Waals surface area (Å²) >= 11 is 1.79. The van der Waals surface area contributed by atoms with Crippen LogP contribution in [0.1, 0.15) is 48.5 Å². The largest absolute Gasteiger partial charge is 0.309 e. The van der Waals surface area contributed by atoms with Crippen LogP contribution in [0.15, 0.2) is 17.8 Å². The standard InChI is InChI=1S/C13H20N2S/c1-10(13-9-15-11(2)16-13)14-8-7-12-5-3-4-6-12/h5,9-10,14H,3-4,6-8H2,1-2H3. The van der Waals surface area contributed by atoms with Crippen LogP contribution in [-0.4, -0.2) is 11.5 Å². The molecule has 1 N–H and O–H groups in total. The van der Waals surface area contributed by atoms with Crippen LogP contribution in [0.4, 0.5) is 0 Å². The lowest BCUT2D eigenvalue weighted by Gasteiger charge is -2.11. The lowest BCUT2D eigenvalue weighted by atomic mass is 10.1. The predicted octanol–water partition coefficient (Wildman–Crippen LogP) is 3.60. The number of rotatable bonds is 5. The molecule has 0 amide bonds. The third kappa shape index (κ3) is 3.16. The zero-order valence-corrected chi connectivity index (χ0v) is 10.9. The number of aryl methyl sites for hydroxylation is 1. The van der Waals surface area contributed by atoms with E-state index in [-0.39, 0.29) is 0 Å². The molecule has 1 aliphatic rings. The summed E-state index contributed by atoms with van der Waals surface area (Å²) in [6.07, 6.45) is 9.57. The first kappa shape index (κ1) is 11.8. The maximum Gasteiger partial charge on any atom is 0.0897 e. The van der Waals surface area contributed by atoms with Crippen LogP contribution in [0.5, 0.6) is 0 Å². The molecule has 1 aliphatic carbocycles. The molecule has 88 valence electrons. The molecule has 0 radical (unpaired) electrons. The van der Waals surface area contributed by atoms with Gasteiger partial charge in [-0.2, -0.15) is 0 Å². The molecule has 1 aromatic heterocycles. The molecule has 0 saturated heterocycles. The summed E-state index contributed by atoms with van der Waals surface area (Å²) in [4.78, 5) is 5.64. The van der Waals surface area contributed by atoms with Crippen LogP contribution in [0, 0.1) is 6.92 Å². The second kappa shape index (κ2) is 5.60. The van der Waals surface area contributed by atoms with E-state index in [1.54, 1.807) is 16.9 Å². The third-order valence-electron chi connectivity index (χ3n) is 3.10. The first-order chi connectivity index (χ1) is 7.75. The Morgan fingerprint density at radius 3 is 3.06 bits per heavy atom.